The van der Waals surface area contributed by atoms with Gasteiger partial charge >= 0.3 is 0 Å². The number of aryl methyl sites for hydroxylation is 2. The highest BCUT2D eigenvalue weighted by Gasteiger charge is 2.54. The summed E-state index contributed by atoms with van der Waals surface area (Å²) in [6, 6.07) is 56.7. The molecule has 11 aromatic rings. The van der Waals surface area contributed by atoms with Crippen LogP contribution in [0.4, 0.5) is 39.9 Å². The summed E-state index contributed by atoms with van der Waals surface area (Å²) in [6.45, 7) is 17.4. The van der Waals surface area contributed by atoms with Crippen molar-refractivity contribution >= 4 is 68.8 Å². The summed E-state index contributed by atoms with van der Waals surface area (Å²) in [5, 5.41) is 5.24. The Kier molecular flexibility index (Phi) is 9.72. The van der Waals surface area contributed by atoms with Crippen LogP contribution in [0.25, 0.3) is 44.5 Å². The van der Waals surface area contributed by atoms with Crippen LogP contribution < -0.4 is 40.2 Å². The van der Waals surface area contributed by atoms with Crippen LogP contribution in [0.3, 0.4) is 0 Å². The summed E-state index contributed by atoms with van der Waals surface area (Å²) in [6.07, 6.45) is 1.92. The molecule has 1 aromatic heterocycles. The molecule has 82 heavy (non-hydrogen) atoms. The first-order chi connectivity index (χ1) is 43.9. The average molecular weight is 1090 g/mol. The smallest absolute Gasteiger partial charge is 0.185 e. The molecule has 0 unspecified atom stereocenters. The minimum Gasteiger partial charge on any atom is -0.457 e. The van der Waals surface area contributed by atoms with E-state index in [0.29, 0.717) is 39.4 Å². The second-order valence-corrected chi connectivity index (χ2v) is 27.5. The predicted molar refractivity (Wildman–Crippen MR) is 347 cm³/mol. The van der Waals surface area contributed by atoms with Gasteiger partial charge in [0.25, 0.3) is 0 Å². The van der Waals surface area contributed by atoms with Crippen molar-refractivity contribution in [2.45, 2.75) is 66.2 Å². The lowest BCUT2D eigenvalue weighted by atomic mass is 9.82. The van der Waals surface area contributed by atoms with Gasteiger partial charge in [0.15, 0.2) is 8.07 Å². The van der Waals surface area contributed by atoms with E-state index in [1.54, 1.807) is 12.1 Å². The molecule has 14 rings (SSSR count). The zero-order chi connectivity index (χ0) is 64.8. The highest BCUT2D eigenvalue weighted by Crippen LogP contribution is 2.52. The number of hydrogen-bond acceptors (Lipinski definition) is 5. The zero-order valence-corrected chi connectivity index (χ0v) is 48.2. The minimum atomic E-state index is -3.01. The molecule has 10 aromatic carbocycles. The average Bonchev–Trinajstić information content (AvgIpc) is 1.43. The number of hydrogen-bond donors (Lipinski definition) is 0. The molecule has 3 aliphatic heterocycles. The Bertz CT molecular complexity index is 4830. The third-order valence-electron chi connectivity index (χ3n) is 16.5. The van der Waals surface area contributed by atoms with Crippen molar-refractivity contribution < 1.29 is 18.4 Å². The largest absolute Gasteiger partial charge is 0.457 e. The highest BCUT2D eigenvalue weighted by molar-refractivity contribution is 7.23. The number of rotatable bonds is 8. The molecule has 0 fully saturated rings. The summed E-state index contributed by atoms with van der Waals surface area (Å²) in [5.74, 6) is 2.03. The summed E-state index contributed by atoms with van der Waals surface area (Å²) in [7, 11) is -3.01. The van der Waals surface area contributed by atoms with Crippen molar-refractivity contribution in [3.05, 3.63) is 265 Å². The normalized spacial score (nSPS) is 15.5. The van der Waals surface area contributed by atoms with Crippen molar-refractivity contribution in [1.82, 2.24) is 4.98 Å². The van der Waals surface area contributed by atoms with Gasteiger partial charge in [0.05, 0.1) is 36.5 Å². The van der Waals surface area contributed by atoms with E-state index < -0.39 is 49.7 Å². The lowest BCUT2D eigenvalue weighted by Gasteiger charge is -2.43. The first-order valence-electron chi connectivity index (χ1n) is 33.0. The number of anilines is 7. The van der Waals surface area contributed by atoms with Crippen molar-refractivity contribution in [2.24, 2.45) is 0 Å². The van der Waals surface area contributed by atoms with E-state index in [0.717, 1.165) is 45.4 Å². The Morgan fingerprint density at radius 2 is 1.01 bits per heavy atom. The Morgan fingerprint density at radius 3 is 1.70 bits per heavy atom. The van der Waals surface area contributed by atoms with E-state index in [1.807, 2.05) is 99.8 Å². The van der Waals surface area contributed by atoms with Crippen molar-refractivity contribution in [2.75, 3.05) is 21.4 Å². The Hall–Kier alpha value is -9.23. The SMILES string of the molecule is [2H]c1c([2H])c([2H])c(-c2cc(-c3cccc(-c4c([2H])c([2H])c([2H])c([2H])c4[2H])c3N3CN(c4cccc(Oc5ccc6c(c5)N(c5cc(C(C)(C)C)ccn5)c5ccccc5[Si]65c6ccc(C)cc6-c6cc(C)ccc65)c4)c4ccccc43)cc(C(C)(C)C)c2)c([2H])c1[2H]. The van der Waals surface area contributed by atoms with Crippen LogP contribution in [0, 0.1) is 13.8 Å². The summed E-state index contributed by atoms with van der Waals surface area (Å²) in [4.78, 5) is 11.7. The summed E-state index contributed by atoms with van der Waals surface area (Å²) >= 11 is 0. The molecule has 0 atom stereocenters. The van der Waals surface area contributed by atoms with Gasteiger partial charge in [0.2, 0.25) is 0 Å². The van der Waals surface area contributed by atoms with Gasteiger partial charge < -0.3 is 14.5 Å². The van der Waals surface area contributed by atoms with E-state index in [-0.39, 0.29) is 47.4 Å². The van der Waals surface area contributed by atoms with Crippen molar-refractivity contribution in [1.29, 1.82) is 0 Å². The molecule has 0 aliphatic carbocycles. The Balaban J connectivity index is 0.919. The van der Waals surface area contributed by atoms with Crippen LogP contribution in [0.15, 0.2) is 243 Å². The first kappa shape index (κ1) is 40.9. The molecule has 0 radical (unpaired) electrons. The standard InChI is InChI=1S/C76H66N4OSi/c1-50-33-36-69-63(41-50)64-42-51(2)34-37-70(64)82(69)71-32-18-17-31-67(71)80(73-46-56(39-40-77-73)75(3,4)5)68-48-60(35-38-72(68)82)81-59-26-19-25-58(47-59)78-49-79(66-30-16-15-29-65(66)78)74-61(53-23-13-10-14-24-53)27-20-28-62(74)55-43-54(52-21-11-9-12-22-52)44-57(45-55)76(6,7)8/h9-48H,49H2,1-8H3/i9D,10D,11D,12D,13D,14D,21D,22D,23D,24D. The van der Waals surface area contributed by atoms with Crippen LogP contribution >= 0.6 is 0 Å². The van der Waals surface area contributed by atoms with Gasteiger partial charge in [0.1, 0.15) is 24.0 Å². The topological polar surface area (TPSA) is 31.8 Å². The van der Waals surface area contributed by atoms with Gasteiger partial charge in [0, 0.05) is 40.8 Å². The molecule has 0 N–H and O–H groups in total. The lowest BCUT2D eigenvalue weighted by molar-refractivity contribution is 0.483. The van der Waals surface area contributed by atoms with Gasteiger partial charge in [-0.1, -0.05) is 222 Å². The Labute approximate surface area is 498 Å². The molecule has 0 bridgehead atoms. The summed E-state index contributed by atoms with van der Waals surface area (Å²) < 4.78 is 96.2. The van der Waals surface area contributed by atoms with Crippen molar-refractivity contribution in [3.8, 4) is 56.0 Å². The lowest BCUT2D eigenvalue weighted by Crippen LogP contribution is -2.75. The van der Waals surface area contributed by atoms with Gasteiger partial charge in [-0.15, -0.1) is 0 Å². The molecule has 0 amide bonds. The van der Waals surface area contributed by atoms with E-state index in [4.69, 9.17) is 20.7 Å². The molecule has 3 aliphatic rings. The zero-order valence-electron chi connectivity index (χ0n) is 57.2. The molecular weight excluding hydrogens is 1010 g/mol. The quantitative estimate of drug-likeness (QED) is 0.142. The van der Waals surface area contributed by atoms with E-state index in [9.17, 15) is 2.74 Å². The minimum absolute atomic E-state index is 0.0157. The third kappa shape index (κ3) is 8.46. The van der Waals surface area contributed by atoms with Crippen molar-refractivity contribution in [3.63, 3.8) is 0 Å². The maximum Gasteiger partial charge on any atom is 0.185 e. The van der Waals surface area contributed by atoms with Gasteiger partial charge in [-0.05, 0) is 145 Å². The van der Waals surface area contributed by atoms with Crippen LogP contribution in [0.5, 0.6) is 11.5 Å². The fourth-order valence-electron chi connectivity index (χ4n) is 12.6. The van der Waals surface area contributed by atoms with Crippen LogP contribution in [0.1, 0.15) is 77.5 Å². The first-order valence-corrected chi connectivity index (χ1v) is 30.0. The number of aromatic nitrogens is 1. The van der Waals surface area contributed by atoms with Crippen LogP contribution in [-0.2, 0) is 10.8 Å². The Morgan fingerprint density at radius 1 is 0.439 bits per heavy atom. The maximum atomic E-state index is 9.39. The predicted octanol–water partition coefficient (Wildman–Crippen LogP) is 17.5. The maximum absolute atomic E-state index is 9.39. The molecule has 400 valence electrons. The van der Waals surface area contributed by atoms with E-state index >= 15 is 0 Å². The van der Waals surface area contributed by atoms with E-state index in [1.165, 1.54) is 43.0 Å². The monoisotopic (exact) mass is 1090 g/mol. The number of nitrogens with zero attached hydrogens (tertiary/aromatic N) is 4. The summed E-state index contributed by atoms with van der Waals surface area (Å²) in [5.41, 5.74) is 13.4. The number of pyridine rings is 1. The molecular formula is C76H66N4OSi. The second-order valence-electron chi connectivity index (χ2n) is 23.9. The molecule has 0 saturated carbocycles. The fourth-order valence-corrected chi connectivity index (χ4v) is 18.1. The molecule has 5 nitrogen and oxygen atoms in total. The number of benzene rings is 10. The van der Waals surface area contributed by atoms with Gasteiger partial charge in [-0.2, -0.15) is 0 Å². The van der Waals surface area contributed by atoms with Crippen LogP contribution in [0.2, 0.25) is 0 Å². The van der Waals surface area contributed by atoms with Crippen LogP contribution in [-0.4, -0.2) is 19.7 Å². The molecule has 0 saturated heterocycles. The van der Waals surface area contributed by atoms with Gasteiger partial charge in [-0.25, -0.2) is 4.98 Å². The highest BCUT2D eigenvalue weighted by atomic mass is 28.3. The van der Waals surface area contributed by atoms with Gasteiger partial charge in [-0.3, -0.25) is 4.90 Å². The number of fused-ring (bicyclic) bond motifs is 10. The number of para-hydroxylation sites is 4. The molecule has 4 heterocycles. The fraction of sp³-hybridized carbons (Fsp3) is 0.145. The second kappa shape index (κ2) is 19.5. The molecule has 1 spiro atoms. The van der Waals surface area contributed by atoms with E-state index in [2.05, 4.69) is 140 Å². The third-order valence-corrected chi connectivity index (χ3v) is 21.5. The number of ether oxygens (including phenoxy) is 1. The molecule has 6 heteroatoms.